The Labute approximate surface area is 155 Å². The third-order valence-corrected chi connectivity index (χ3v) is 4.16. The van der Waals surface area contributed by atoms with Gasteiger partial charge in [0.25, 0.3) is 0 Å². The molecule has 1 aromatic carbocycles. The number of carboxylic acids is 1. The summed E-state index contributed by atoms with van der Waals surface area (Å²) in [5.74, 6) is -0.328. The van der Waals surface area contributed by atoms with Gasteiger partial charge >= 0.3 is 12.1 Å². The molecule has 144 valence electrons. The van der Waals surface area contributed by atoms with Gasteiger partial charge < -0.3 is 14.6 Å². The highest BCUT2D eigenvalue weighted by Crippen LogP contribution is 2.33. The normalized spacial score (nSPS) is 20.8. The summed E-state index contributed by atoms with van der Waals surface area (Å²) in [6, 6.07) is 6.78. The van der Waals surface area contributed by atoms with Crippen LogP contribution >= 0.6 is 0 Å². The first-order valence-corrected chi connectivity index (χ1v) is 8.87. The Hall–Kier alpha value is -2.24. The monoisotopic (exact) mass is 363 g/mol. The average molecular weight is 363 g/mol. The van der Waals surface area contributed by atoms with Crippen molar-refractivity contribution in [1.29, 1.82) is 0 Å². The van der Waals surface area contributed by atoms with Gasteiger partial charge in [-0.05, 0) is 37.8 Å². The van der Waals surface area contributed by atoms with Crippen molar-refractivity contribution in [3.05, 3.63) is 29.8 Å². The summed E-state index contributed by atoms with van der Waals surface area (Å²) < 4.78 is 11.5. The van der Waals surface area contributed by atoms with Crippen molar-refractivity contribution in [2.45, 2.75) is 71.1 Å². The van der Waals surface area contributed by atoms with Crippen LogP contribution in [0.25, 0.3) is 0 Å². The Balaban J connectivity index is 2.18. The number of para-hydroxylation sites is 1. The molecule has 0 aromatic heterocycles. The van der Waals surface area contributed by atoms with Gasteiger partial charge in [0.15, 0.2) is 0 Å². The smallest absolute Gasteiger partial charge is 0.411 e. The minimum Gasteiger partial charge on any atom is -0.488 e. The third kappa shape index (κ3) is 4.90. The summed E-state index contributed by atoms with van der Waals surface area (Å²) in [4.78, 5) is 25.2. The van der Waals surface area contributed by atoms with Gasteiger partial charge in [0, 0.05) is 6.42 Å². The van der Waals surface area contributed by atoms with Crippen LogP contribution in [0.15, 0.2) is 24.3 Å². The predicted octanol–water partition coefficient (Wildman–Crippen LogP) is 3.83. The van der Waals surface area contributed by atoms with E-state index in [0.717, 1.165) is 11.3 Å². The number of nitrogens with zero attached hydrogens (tertiary/aromatic N) is 1. The van der Waals surface area contributed by atoms with Crippen LogP contribution in [-0.4, -0.2) is 46.4 Å². The Kier molecular flexibility index (Phi) is 5.54. The van der Waals surface area contributed by atoms with Crippen molar-refractivity contribution in [3.8, 4) is 5.75 Å². The Morgan fingerprint density at radius 2 is 1.73 bits per heavy atom. The molecular weight excluding hydrogens is 334 g/mol. The first kappa shape index (κ1) is 20.1. The van der Waals surface area contributed by atoms with E-state index in [0.29, 0.717) is 0 Å². The van der Waals surface area contributed by atoms with E-state index in [1.165, 1.54) is 4.90 Å². The minimum absolute atomic E-state index is 0.105. The van der Waals surface area contributed by atoms with Gasteiger partial charge in [0.1, 0.15) is 23.5 Å². The van der Waals surface area contributed by atoms with Crippen molar-refractivity contribution in [2.24, 2.45) is 0 Å². The molecule has 1 saturated heterocycles. The summed E-state index contributed by atoms with van der Waals surface area (Å²) in [7, 11) is 0. The van der Waals surface area contributed by atoms with Gasteiger partial charge in [-0.3, -0.25) is 4.90 Å². The number of amides is 1. The summed E-state index contributed by atoms with van der Waals surface area (Å²) in [6.45, 7) is 11.7. The number of ether oxygens (including phenoxy) is 2. The van der Waals surface area contributed by atoms with Crippen molar-refractivity contribution >= 4 is 12.1 Å². The number of carboxylic acid groups (broad SMARTS) is 1. The lowest BCUT2D eigenvalue weighted by atomic mass is 9.86. The van der Waals surface area contributed by atoms with E-state index < -0.39 is 29.8 Å². The fourth-order valence-corrected chi connectivity index (χ4v) is 3.01. The fraction of sp³-hybridized carbons (Fsp3) is 0.600. The molecule has 2 rings (SSSR count). The van der Waals surface area contributed by atoms with Gasteiger partial charge in [-0.15, -0.1) is 0 Å². The van der Waals surface area contributed by atoms with E-state index in [-0.39, 0.29) is 18.4 Å². The maximum absolute atomic E-state index is 12.4. The maximum atomic E-state index is 12.4. The molecule has 0 aliphatic carbocycles. The number of rotatable bonds is 3. The van der Waals surface area contributed by atoms with Crippen LogP contribution < -0.4 is 4.74 Å². The standard InChI is InChI=1S/C20H29NO5/c1-19(2,3)14-9-7-8-10-16(14)25-13-11-15(17(22)23)21(12-13)18(24)26-20(4,5)6/h7-10,13,15H,11-12H2,1-6H3,(H,22,23)/t13-,15-/m0/s1. The van der Waals surface area contributed by atoms with Crippen LogP contribution in [0.2, 0.25) is 0 Å². The molecular formula is C20H29NO5. The van der Waals surface area contributed by atoms with Crippen LogP contribution in [0.4, 0.5) is 4.79 Å². The number of carbonyl (C=O) groups excluding carboxylic acids is 1. The van der Waals surface area contributed by atoms with E-state index in [1.807, 2.05) is 24.3 Å². The Morgan fingerprint density at radius 3 is 2.27 bits per heavy atom. The number of hydrogen-bond donors (Lipinski definition) is 1. The molecule has 0 unspecified atom stereocenters. The molecule has 26 heavy (non-hydrogen) atoms. The van der Waals surface area contributed by atoms with Gasteiger partial charge in [-0.2, -0.15) is 0 Å². The summed E-state index contributed by atoms with van der Waals surface area (Å²) in [5.41, 5.74) is 0.257. The zero-order valence-corrected chi connectivity index (χ0v) is 16.4. The Morgan fingerprint density at radius 1 is 1.12 bits per heavy atom. The first-order valence-electron chi connectivity index (χ1n) is 8.87. The number of carbonyl (C=O) groups is 2. The second-order valence-corrected chi connectivity index (χ2v) is 8.71. The summed E-state index contributed by atoms with van der Waals surface area (Å²) in [5, 5.41) is 9.49. The first-order chi connectivity index (χ1) is 11.9. The molecule has 1 N–H and O–H groups in total. The van der Waals surface area contributed by atoms with Crippen molar-refractivity contribution in [2.75, 3.05) is 6.54 Å². The van der Waals surface area contributed by atoms with Crippen molar-refractivity contribution < 1.29 is 24.2 Å². The molecule has 1 heterocycles. The van der Waals surface area contributed by atoms with Gasteiger partial charge in [-0.25, -0.2) is 9.59 Å². The fourth-order valence-electron chi connectivity index (χ4n) is 3.01. The molecule has 1 amide bonds. The molecule has 1 aliphatic rings. The van der Waals surface area contributed by atoms with Crippen LogP contribution in [0.1, 0.15) is 53.5 Å². The van der Waals surface area contributed by atoms with E-state index in [1.54, 1.807) is 20.8 Å². The van der Waals surface area contributed by atoms with Crippen LogP contribution in [-0.2, 0) is 14.9 Å². The van der Waals surface area contributed by atoms with Gasteiger partial charge in [0.2, 0.25) is 0 Å². The molecule has 1 aromatic rings. The minimum atomic E-state index is -1.05. The van der Waals surface area contributed by atoms with Crippen LogP contribution in [0.3, 0.4) is 0 Å². The second kappa shape index (κ2) is 7.17. The van der Waals surface area contributed by atoms with E-state index in [4.69, 9.17) is 9.47 Å². The summed E-state index contributed by atoms with van der Waals surface area (Å²) >= 11 is 0. The molecule has 1 aliphatic heterocycles. The molecule has 0 saturated carbocycles. The van der Waals surface area contributed by atoms with Crippen molar-refractivity contribution in [3.63, 3.8) is 0 Å². The highest BCUT2D eigenvalue weighted by molar-refractivity contribution is 5.81. The van der Waals surface area contributed by atoms with E-state index in [2.05, 4.69) is 20.8 Å². The lowest BCUT2D eigenvalue weighted by Crippen LogP contribution is -2.43. The molecule has 1 fully saturated rings. The van der Waals surface area contributed by atoms with E-state index >= 15 is 0 Å². The molecule has 0 radical (unpaired) electrons. The molecule has 6 heteroatoms. The van der Waals surface area contributed by atoms with E-state index in [9.17, 15) is 14.7 Å². The van der Waals surface area contributed by atoms with Gasteiger partial charge in [-0.1, -0.05) is 39.0 Å². The highest BCUT2D eigenvalue weighted by Gasteiger charge is 2.43. The lowest BCUT2D eigenvalue weighted by Gasteiger charge is -2.27. The second-order valence-electron chi connectivity index (χ2n) is 8.71. The lowest BCUT2D eigenvalue weighted by molar-refractivity contribution is -0.142. The highest BCUT2D eigenvalue weighted by atomic mass is 16.6. The third-order valence-electron chi connectivity index (χ3n) is 4.16. The number of likely N-dealkylation sites (tertiary alicyclic amines) is 1. The predicted molar refractivity (Wildman–Crippen MR) is 98.5 cm³/mol. The summed E-state index contributed by atoms with van der Waals surface area (Å²) in [6.07, 6.45) is -0.792. The van der Waals surface area contributed by atoms with Gasteiger partial charge in [0.05, 0.1) is 6.54 Å². The zero-order chi connectivity index (χ0) is 19.7. The number of benzene rings is 1. The number of hydrogen-bond acceptors (Lipinski definition) is 4. The maximum Gasteiger partial charge on any atom is 0.411 e. The topological polar surface area (TPSA) is 76.1 Å². The quantitative estimate of drug-likeness (QED) is 0.883. The molecule has 0 spiro atoms. The average Bonchev–Trinajstić information content (AvgIpc) is 2.89. The van der Waals surface area contributed by atoms with Crippen LogP contribution in [0, 0.1) is 0 Å². The Bertz CT molecular complexity index is 672. The van der Waals surface area contributed by atoms with Crippen LogP contribution in [0.5, 0.6) is 5.75 Å². The molecule has 2 atom stereocenters. The molecule has 6 nitrogen and oxygen atoms in total. The van der Waals surface area contributed by atoms with Crippen molar-refractivity contribution in [1.82, 2.24) is 4.90 Å². The largest absolute Gasteiger partial charge is 0.488 e. The zero-order valence-electron chi connectivity index (χ0n) is 16.4. The SMILES string of the molecule is CC(C)(C)OC(=O)N1C[C@@H](Oc2ccccc2C(C)(C)C)C[C@H]1C(=O)O. The number of aliphatic carboxylic acids is 1. The molecule has 0 bridgehead atoms.